The summed E-state index contributed by atoms with van der Waals surface area (Å²) < 4.78 is 0. The van der Waals surface area contributed by atoms with Gasteiger partial charge >= 0.3 is 0 Å². The molecule has 1 aliphatic carbocycles. The van der Waals surface area contributed by atoms with Crippen LogP contribution in [0.1, 0.15) is 44.9 Å². The van der Waals surface area contributed by atoms with Gasteiger partial charge in [-0.15, -0.1) is 0 Å². The Morgan fingerprint density at radius 1 is 1.10 bits per heavy atom. The SMILES string of the molecule is O=C(C1CCC1)N(CCN1CCCC1)C1CCCNC1. The number of rotatable bonds is 5. The largest absolute Gasteiger partial charge is 0.337 e. The Morgan fingerprint density at radius 3 is 2.50 bits per heavy atom. The maximum atomic E-state index is 12.7. The molecule has 1 unspecified atom stereocenters. The topological polar surface area (TPSA) is 35.6 Å². The number of amides is 1. The highest BCUT2D eigenvalue weighted by molar-refractivity contribution is 5.80. The Kier molecular flexibility index (Phi) is 4.94. The van der Waals surface area contributed by atoms with Crippen molar-refractivity contribution in [3.05, 3.63) is 0 Å². The van der Waals surface area contributed by atoms with Crippen LogP contribution >= 0.6 is 0 Å². The zero-order valence-corrected chi connectivity index (χ0v) is 12.6. The van der Waals surface area contributed by atoms with Crippen molar-refractivity contribution in [2.45, 2.75) is 51.0 Å². The highest BCUT2D eigenvalue weighted by Crippen LogP contribution is 2.29. The Hall–Kier alpha value is -0.610. The first kappa shape index (κ1) is 14.3. The maximum Gasteiger partial charge on any atom is 0.226 e. The number of piperidine rings is 1. The van der Waals surface area contributed by atoms with Crippen molar-refractivity contribution in [1.29, 1.82) is 0 Å². The highest BCUT2D eigenvalue weighted by Gasteiger charge is 2.33. The molecule has 1 N–H and O–H groups in total. The molecule has 2 saturated heterocycles. The summed E-state index contributed by atoms with van der Waals surface area (Å²) in [6, 6.07) is 0.444. The summed E-state index contributed by atoms with van der Waals surface area (Å²) >= 11 is 0. The van der Waals surface area contributed by atoms with E-state index < -0.39 is 0 Å². The fourth-order valence-electron chi connectivity index (χ4n) is 3.72. The second kappa shape index (κ2) is 6.90. The van der Waals surface area contributed by atoms with E-state index >= 15 is 0 Å². The van der Waals surface area contributed by atoms with Crippen molar-refractivity contribution in [2.24, 2.45) is 5.92 Å². The molecule has 2 heterocycles. The highest BCUT2D eigenvalue weighted by atomic mass is 16.2. The van der Waals surface area contributed by atoms with Crippen LogP contribution in [-0.4, -0.2) is 61.0 Å². The van der Waals surface area contributed by atoms with Crippen molar-refractivity contribution < 1.29 is 4.79 Å². The van der Waals surface area contributed by atoms with E-state index in [1.54, 1.807) is 0 Å². The molecule has 0 radical (unpaired) electrons. The Labute approximate surface area is 122 Å². The number of nitrogens with one attached hydrogen (secondary N) is 1. The third-order valence-corrected chi connectivity index (χ3v) is 5.30. The van der Waals surface area contributed by atoms with E-state index in [2.05, 4.69) is 15.1 Å². The summed E-state index contributed by atoms with van der Waals surface area (Å²) in [6.45, 7) is 6.60. The minimum atomic E-state index is 0.343. The number of hydrogen-bond acceptors (Lipinski definition) is 3. The summed E-state index contributed by atoms with van der Waals surface area (Å²) in [6.07, 6.45) is 8.56. The van der Waals surface area contributed by atoms with Crippen LogP contribution in [0.2, 0.25) is 0 Å². The summed E-state index contributed by atoms with van der Waals surface area (Å²) in [7, 11) is 0. The molecular formula is C16H29N3O. The smallest absolute Gasteiger partial charge is 0.226 e. The van der Waals surface area contributed by atoms with Crippen LogP contribution in [0.25, 0.3) is 0 Å². The van der Waals surface area contributed by atoms with Crippen molar-refractivity contribution in [1.82, 2.24) is 15.1 Å². The summed E-state index contributed by atoms with van der Waals surface area (Å²) in [5.41, 5.74) is 0. The van der Waals surface area contributed by atoms with Gasteiger partial charge in [-0.25, -0.2) is 0 Å². The first-order valence-corrected chi connectivity index (χ1v) is 8.58. The van der Waals surface area contributed by atoms with E-state index in [1.807, 2.05) is 0 Å². The minimum absolute atomic E-state index is 0.343. The van der Waals surface area contributed by atoms with Gasteiger partial charge in [0.15, 0.2) is 0 Å². The van der Waals surface area contributed by atoms with Gasteiger partial charge in [0, 0.05) is 31.6 Å². The Balaban J connectivity index is 1.57. The van der Waals surface area contributed by atoms with Gasteiger partial charge in [-0.3, -0.25) is 4.79 Å². The van der Waals surface area contributed by atoms with Gasteiger partial charge in [-0.1, -0.05) is 6.42 Å². The predicted molar refractivity (Wildman–Crippen MR) is 80.6 cm³/mol. The monoisotopic (exact) mass is 279 g/mol. The molecule has 114 valence electrons. The van der Waals surface area contributed by atoms with E-state index in [9.17, 15) is 4.79 Å². The molecular weight excluding hydrogens is 250 g/mol. The van der Waals surface area contributed by atoms with Crippen molar-refractivity contribution in [3.63, 3.8) is 0 Å². The molecule has 1 saturated carbocycles. The second-order valence-electron chi connectivity index (χ2n) is 6.71. The first-order valence-electron chi connectivity index (χ1n) is 8.58. The van der Waals surface area contributed by atoms with Gasteiger partial charge in [-0.05, 0) is 58.2 Å². The third-order valence-electron chi connectivity index (χ3n) is 5.30. The average Bonchev–Trinajstić information content (AvgIpc) is 2.91. The fourth-order valence-corrected chi connectivity index (χ4v) is 3.72. The molecule has 1 atom stereocenters. The van der Waals surface area contributed by atoms with Gasteiger partial charge in [0.1, 0.15) is 0 Å². The average molecular weight is 279 g/mol. The predicted octanol–water partition coefficient (Wildman–Crippen LogP) is 1.46. The second-order valence-corrected chi connectivity index (χ2v) is 6.71. The molecule has 0 aromatic carbocycles. The van der Waals surface area contributed by atoms with E-state index in [1.165, 1.54) is 45.2 Å². The van der Waals surface area contributed by atoms with E-state index in [4.69, 9.17) is 0 Å². The molecule has 0 aromatic rings. The summed E-state index contributed by atoms with van der Waals surface area (Å²) in [4.78, 5) is 17.5. The van der Waals surface area contributed by atoms with Crippen LogP contribution in [0.5, 0.6) is 0 Å². The number of carbonyl (C=O) groups excluding carboxylic acids is 1. The van der Waals surface area contributed by atoms with E-state index in [0.29, 0.717) is 17.9 Å². The number of likely N-dealkylation sites (tertiary alicyclic amines) is 1. The van der Waals surface area contributed by atoms with Crippen LogP contribution in [0.4, 0.5) is 0 Å². The molecule has 3 rings (SSSR count). The lowest BCUT2D eigenvalue weighted by Crippen LogP contribution is -2.53. The quantitative estimate of drug-likeness (QED) is 0.827. The normalized spacial score (nSPS) is 28.3. The molecule has 0 aromatic heterocycles. The molecule has 2 aliphatic heterocycles. The third kappa shape index (κ3) is 3.34. The minimum Gasteiger partial charge on any atom is -0.337 e. The maximum absolute atomic E-state index is 12.7. The summed E-state index contributed by atoms with van der Waals surface area (Å²) in [5, 5.41) is 3.47. The Morgan fingerprint density at radius 2 is 1.90 bits per heavy atom. The zero-order valence-electron chi connectivity index (χ0n) is 12.6. The lowest BCUT2D eigenvalue weighted by molar-refractivity contribution is -0.141. The molecule has 3 aliphatic rings. The summed E-state index contributed by atoms with van der Waals surface area (Å²) in [5.74, 6) is 0.791. The lowest BCUT2D eigenvalue weighted by Gasteiger charge is -2.39. The van der Waals surface area contributed by atoms with Gasteiger partial charge in [-0.2, -0.15) is 0 Å². The molecule has 4 heteroatoms. The van der Waals surface area contributed by atoms with Crippen molar-refractivity contribution in [2.75, 3.05) is 39.3 Å². The van der Waals surface area contributed by atoms with Gasteiger partial charge in [0.25, 0.3) is 0 Å². The van der Waals surface area contributed by atoms with Gasteiger partial charge in [0.2, 0.25) is 5.91 Å². The number of nitrogens with zero attached hydrogens (tertiary/aromatic N) is 2. The van der Waals surface area contributed by atoms with Crippen LogP contribution in [0.15, 0.2) is 0 Å². The first-order chi connectivity index (χ1) is 9.84. The van der Waals surface area contributed by atoms with Crippen molar-refractivity contribution in [3.8, 4) is 0 Å². The van der Waals surface area contributed by atoms with Crippen LogP contribution < -0.4 is 5.32 Å². The van der Waals surface area contributed by atoms with Gasteiger partial charge < -0.3 is 15.1 Å². The van der Waals surface area contributed by atoms with Crippen LogP contribution in [0.3, 0.4) is 0 Å². The van der Waals surface area contributed by atoms with E-state index in [0.717, 1.165) is 39.0 Å². The molecule has 3 fully saturated rings. The number of hydrogen-bond donors (Lipinski definition) is 1. The van der Waals surface area contributed by atoms with Crippen LogP contribution in [0, 0.1) is 5.92 Å². The zero-order chi connectivity index (χ0) is 13.8. The number of carbonyl (C=O) groups is 1. The van der Waals surface area contributed by atoms with Crippen LogP contribution in [-0.2, 0) is 4.79 Å². The Bertz CT molecular complexity index is 318. The molecule has 0 bridgehead atoms. The molecule has 1 amide bonds. The lowest BCUT2D eigenvalue weighted by atomic mass is 9.84. The van der Waals surface area contributed by atoms with E-state index in [-0.39, 0.29) is 0 Å². The molecule has 20 heavy (non-hydrogen) atoms. The van der Waals surface area contributed by atoms with Crippen molar-refractivity contribution >= 4 is 5.91 Å². The fraction of sp³-hybridized carbons (Fsp3) is 0.938. The van der Waals surface area contributed by atoms with Gasteiger partial charge in [0.05, 0.1) is 0 Å². The molecule has 4 nitrogen and oxygen atoms in total. The standard InChI is InChI=1S/C16H29N3O/c20-16(14-5-3-6-14)19(15-7-4-8-17-13-15)12-11-18-9-1-2-10-18/h14-15,17H,1-13H2. The molecule has 0 spiro atoms.